The molecule has 0 amide bonds. The molecule has 1 rings (SSSR count). The summed E-state index contributed by atoms with van der Waals surface area (Å²) in [6, 6.07) is 0. The van der Waals surface area contributed by atoms with Crippen LogP contribution in [-0.2, 0) is 4.74 Å². The fourth-order valence-corrected chi connectivity index (χ4v) is 1.50. The molecule has 1 atom stereocenters. The first-order chi connectivity index (χ1) is 6.83. The van der Waals surface area contributed by atoms with Gasteiger partial charge in [0.2, 0.25) is 0 Å². The van der Waals surface area contributed by atoms with Crippen molar-refractivity contribution < 1.29 is 9.84 Å². The topological polar surface area (TPSA) is 53.9 Å². The second-order valence-electron chi connectivity index (χ2n) is 3.61. The second kappa shape index (κ2) is 6.79. The van der Waals surface area contributed by atoms with Crippen LogP contribution in [0.15, 0.2) is 4.99 Å². The Hall–Kier alpha value is -0.610. The number of methoxy groups -OCH3 is 1. The molecule has 0 aromatic rings. The zero-order valence-corrected chi connectivity index (χ0v) is 8.83. The second-order valence-corrected chi connectivity index (χ2v) is 3.61. The lowest BCUT2D eigenvalue weighted by Gasteiger charge is -2.15. The summed E-state index contributed by atoms with van der Waals surface area (Å²) in [5.74, 6) is 1.10. The molecule has 14 heavy (non-hydrogen) atoms. The van der Waals surface area contributed by atoms with Gasteiger partial charge in [-0.25, -0.2) is 0 Å². The number of rotatable bonds is 5. The Kier molecular flexibility index (Phi) is 5.56. The minimum absolute atomic E-state index is 0.364. The third-order valence-electron chi connectivity index (χ3n) is 2.29. The normalized spacial score (nSPS) is 18.9. The van der Waals surface area contributed by atoms with Gasteiger partial charge in [0.1, 0.15) is 0 Å². The number of aliphatic imine (C=N–C) groups is 1. The van der Waals surface area contributed by atoms with Gasteiger partial charge in [-0.2, -0.15) is 0 Å². The van der Waals surface area contributed by atoms with Crippen molar-refractivity contribution >= 4 is 5.84 Å². The molecule has 0 bridgehead atoms. The van der Waals surface area contributed by atoms with Gasteiger partial charge in [-0.15, -0.1) is 0 Å². The molecule has 0 saturated heterocycles. The van der Waals surface area contributed by atoms with Gasteiger partial charge < -0.3 is 15.2 Å². The molecule has 82 valence electrons. The van der Waals surface area contributed by atoms with E-state index in [1.165, 1.54) is 12.8 Å². The van der Waals surface area contributed by atoms with Crippen LogP contribution in [0.3, 0.4) is 0 Å². The van der Waals surface area contributed by atoms with Crippen LogP contribution in [-0.4, -0.2) is 43.9 Å². The van der Waals surface area contributed by atoms with Crippen molar-refractivity contribution in [2.75, 3.05) is 26.8 Å². The van der Waals surface area contributed by atoms with Gasteiger partial charge in [-0.05, 0) is 19.3 Å². The molecule has 0 aliphatic carbocycles. The monoisotopic (exact) mass is 200 g/mol. The van der Waals surface area contributed by atoms with Gasteiger partial charge in [0.15, 0.2) is 0 Å². The Balaban J connectivity index is 2.05. The Morgan fingerprint density at radius 1 is 1.57 bits per heavy atom. The predicted octanol–water partition coefficient (Wildman–Crippen LogP) is 0.556. The SMILES string of the molecule is COCC(O)CCNC1=NCCCC1. The minimum atomic E-state index is -0.364. The van der Waals surface area contributed by atoms with E-state index in [0.29, 0.717) is 13.0 Å². The molecular weight excluding hydrogens is 180 g/mol. The Morgan fingerprint density at radius 2 is 2.43 bits per heavy atom. The quantitative estimate of drug-likeness (QED) is 0.681. The van der Waals surface area contributed by atoms with E-state index in [2.05, 4.69) is 10.3 Å². The molecule has 0 fully saturated rings. The highest BCUT2D eigenvalue weighted by Gasteiger charge is 2.06. The highest BCUT2D eigenvalue weighted by atomic mass is 16.5. The predicted molar refractivity (Wildman–Crippen MR) is 56.7 cm³/mol. The number of nitrogens with one attached hydrogen (secondary N) is 1. The van der Waals surface area contributed by atoms with E-state index < -0.39 is 0 Å². The number of ether oxygens (including phenoxy) is 1. The summed E-state index contributed by atoms with van der Waals surface area (Å²) in [7, 11) is 1.60. The van der Waals surface area contributed by atoms with Crippen LogP contribution in [0, 0.1) is 0 Å². The lowest BCUT2D eigenvalue weighted by atomic mass is 10.2. The van der Waals surface area contributed by atoms with E-state index in [0.717, 1.165) is 25.3 Å². The number of amidine groups is 1. The van der Waals surface area contributed by atoms with Crippen molar-refractivity contribution in [2.45, 2.75) is 31.8 Å². The maximum atomic E-state index is 9.37. The lowest BCUT2D eigenvalue weighted by Crippen LogP contribution is -2.29. The highest BCUT2D eigenvalue weighted by molar-refractivity contribution is 5.82. The largest absolute Gasteiger partial charge is 0.391 e. The lowest BCUT2D eigenvalue weighted by molar-refractivity contribution is 0.0602. The van der Waals surface area contributed by atoms with Crippen LogP contribution in [0.25, 0.3) is 0 Å². The molecule has 0 aromatic carbocycles. The molecule has 0 aromatic heterocycles. The van der Waals surface area contributed by atoms with Crippen molar-refractivity contribution in [3.8, 4) is 0 Å². The molecule has 1 heterocycles. The van der Waals surface area contributed by atoms with Crippen molar-refractivity contribution in [3.05, 3.63) is 0 Å². The van der Waals surface area contributed by atoms with Gasteiger partial charge in [-0.1, -0.05) is 0 Å². The van der Waals surface area contributed by atoms with E-state index >= 15 is 0 Å². The Morgan fingerprint density at radius 3 is 3.07 bits per heavy atom. The molecule has 1 unspecified atom stereocenters. The Labute approximate surface area is 85.4 Å². The van der Waals surface area contributed by atoms with E-state index in [-0.39, 0.29) is 6.10 Å². The summed E-state index contributed by atoms with van der Waals surface area (Å²) in [5, 5.41) is 12.6. The van der Waals surface area contributed by atoms with E-state index in [1.807, 2.05) is 0 Å². The molecule has 1 aliphatic heterocycles. The highest BCUT2D eigenvalue weighted by Crippen LogP contribution is 2.03. The first-order valence-electron chi connectivity index (χ1n) is 5.27. The van der Waals surface area contributed by atoms with Gasteiger partial charge >= 0.3 is 0 Å². The van der Waals surface area contributed by atoms with Crippen molar-refractivity contribution in [3.63, 3.8) is 0 Å². The number of aliphatic hydroxyl groups is 1. The van der Waals surface area contributed by atoms with Crippen LogP contribution >= 0.6 is 0 Å². The molecule has 4 heteroatoms. The zero-order chi connectivity index (χ0) is 10.2. The van der Waals surface area contributed by atoms with Gasteiger partial charge in [0.25, 0.3) is 0 Å². The number of aliphatic hydroxyl groups excluding tert-OH is 1. The maximum absolute atomic E-state index is 9.37. The average Bonchev–Trinajstić information content (AvgIpc) is 2.20. The van der Waals surface area contributed by atoms with E-state index in [1.54, 1.807) is 7.11 Å². The van der Waals surface area contributed by atoms with E-state index in [4.69, 9.17) is 4.74 Å². The van der Waals surface area contributed by atoms with Gasteiger partial charge in [0.05, 0.1) is 18.5 Å². The third-order valence-corrected chi connectivity index (χ3v) is 2.29. The zero-order valence-electron chi connectivity index (χ0n) is 8.83. The van der Waals surface area contributed by atoms with Crippen LogP contribution in [0.2, 0.25) is 0 Å². The van der Waals surface area contributed by atoms with Gasteiger partial charge in [-0.3, -0.25) is 4.99 Å². The van der Waals surface area contributed by atoms with Crippen molar-refractivity contribution in [1.82, 2.24) is 5.32 Å². The maximum Gasteiger partial charge on any atom is 0.0963 e. The van der Waals surface area contributed by atoms with Crippen LogP contribution < -0.4 is 5.32 Å². The smallest absolute Gasteiger partial charge is 0.0963 e. The molecular formula is C10H20N2O2. The third kappa shape index (κ3) is 4.58. The number of nitrogens with zero attached hydrogens (tertiary/aromatic N) is 1. The fraction of sp³-hybridized carbons (Fsp3) is 0.900. The van der Waals surface area contributed by atoms with E-state index in [9.17, 15) is 5.11 Å². The summed E-state index contributed by atoms with van der Waals surface area (Å²) in [6.07, 6.45) is 3.84. The van der Waals surface area contributed by atoms with Crippen LogP contribution in [0.1, 0.15) is 25.7 Å². The summed E-state index contributed by atoms with van der Waals surface area (Å²) >= 11 is 0. The average molecular weight is 200 g/mol. The summed E-state index contributed by atoms with van der Waals surface area (Å²) in [4.78, 5) is 4.36. The van der Waals surface area contributed by atoms with Crippen molar-refractivity contribution in [1.29, 1.82) is 0 Å². The molecule has 2 N–H and O–H groups in total. The molecule has 4 nitrogen and oxygen atoms in total. The standard InChI is InChI=1S/C10H20N2O2/c1-14-8-9(13)5-7-12-10-4-2-3-6-11-10/h9,13H,2-8H2,1H3,(H,11,12). The first-order valence-corrected chi connectivity index (χ1v) is 5.27. The Bertz CT molecular complexity index is 183. The van der Waals surface area contributed by atoms with Crippen LogP contribution in [0.5, 0.6) is 0 Å². The minimum Gasteiger partial charge on any atom is -0.391 e. The molecule has 0 radical (unpaired) electrons. The number of hydrogen-bond donors (Lipinski definition) is 2. The van der Waals surface area contributed by atoms with Gasteiger partial charge in [0, 0.05) is 26.6 Å². The number of hydrogen-bond acceptors (Lipinski definition) is 4. The molecule has 0 saturated carbocycles. The molecule has 0 spiro atoms. The first kappa shape index (κ1) is 11.5. The van der Waals surface area contributed by atoms with Crippen molar-refractivity contribution in [2.24, 2.45) is 4.99 Å². The van der Waals surface area contributed by atoms with Crippen LogP contribution in [0.4, 0.5) is 0 Å². The fourth-order valence-electron chi connectivity index (χ4n) is 1.50. The molecule has 1 aliphatic rings. The summed E-state index contributed by atoms with van der Waals surface area (Å²) in [6.45, 7) is 2.14. The summed E-state index contributed by atoms with van der Waals surface area (Å²) < 4.78 is 4.84. The summed E-state index contributed by atoms with van der Waals surface area (Å²) in [5.41, 5.74) is 0.